The molecule has 3 heteroatoms. The maximum atomic E-state index is 9.99. The summed E-state index contributed by atoms with van der Waals surface area (Å²) in [6, 6.07) is 0. The van der Waals surface area contributed by atoms with E-state index >= 15 is 0 Å². The lowest BCUT2D eigenvalue weighted by molar-refractivity contribution is -0.157. The first-order valence-electron chi connectivity index (χ1n) is 6.19. The zero-order valence-electron chi connectivity index (χ0n) is 9.32. The molecule has 1 spiro atoms. The fraction of sp³-hybridized carbons (Fsp3) is 1.00. The van der Waals surface area contributed by atoms with E-state index in [1.54, 1.807) is 0 Å². The highest BCUT2D eigenvalue weighted by Crippen LogP contribution is 2.45. The van der Waals surface area contributed by atoms with E-state index in [9.17, 15) is 5.11 Å². The van der Waals surface area contributed by atoms with Gasteiger partial charge in [0.1, 0.15) is 0 Å². The molecular formula is C12H22O3. The van der Waals surface area contributed by atoms with E-state index in [2.05, 4.69) is 0 Å². The lowest BCUT2D eigenvalue weighted by Gasteiger charge is -2.48. The number of ether oxygens (including phenoxy) is 1. The van der Waals surface area contributed by atoms with Crippen LogP contribution >= 0.6 is 0 Å². The summed E-state index contributed by atoms with van der Waals surface area (Å²) < 4.78 is 5.83. The molecule has 1 aliphatic heterocycles. The minimum absolute atomic E-state index is 0.128. The van der Waals surface area contributed by atoms with Gasteiger partial charge in [0.15, 0.2) is 0 Å². The fourth-order valence-corrected chi connectivity index (χ4v) is 2.85. The van der Waals surface area contributed by atoms with Gasteiger partial charge < -0.3 is 14.9 Å². The Balaban J connectivity index is 1.81. The smallest absolute Gasteiger partial charge is 0.0686 e. The van der Waals surface area contributed by atoms with Crippen LogP contribution in [0.3, 0.4) is 0 Å². The van der Waals surface area contributed by atoms with Crippen molar-refractivity contribution in [3.63, 3.8) is 0 Å². The number of rotatable bonds is 4. The van der Waals surface area contributed by atoms with Crippen molar-refractivity contribution < 1.29 is 14.9 Å². The molecule has 1 aliphatic carbocycles. The Morgan fingerprint density at radius 3 is 2.80 bits per heavy atom. The van der Waals surface area contributed by atoms with Crippen LogP contribution in [0.1, 0.15) is 44.9 Å². The summed E-state index contributed by atoms with van der Waals surface area (Å²) in [6.07, 6.45) is 6.85. The van der Waals surface area contributed by atoms with Gasteiger partial charge in [-0.15, -0.1) is 0 Å². The van der Waals surface area contributed by atoms with E-state index < -0.39 is 0 Å². The van der Waals surface area contributed by atoms with E-state index in [0.29, 0.717) is 12.3 Å². The molecule has 3 nitrogen and oxygen atoms in total. The first-order valence-corrected chi connectivity index (χ1v) is 6.19. The predicted molar refractivity (Wildman–Crippen MR) is 57.6 cm³/mol. The molecule has 0 aromatic carbocycles. The monoisotopic (exact) mass is 214 g/mol. The Kier molecular flexibility index (Phi) is 3.65. The van der Waals surface area contributed by atoms with Gasteiger partial charge in [-0.05, 0) is 50.9 Å². The Morgan fingerprint density at radius 1 is 1.40 bits per heavy atom. The number of hydrogen-bond acceptors (Lipinski definition) is 3. The molecule has 2 fully saturated rings. The Morgan fingerprint density at radius 2 is 2.20 bits per heavy atom. The van der Waals surface area contributed by atoms with Gasteiger partial charge in [-0.3, -0.25) is 0 Å². The van der Waals surface area contributed by atoms with E-state index in [0.717, 1.165) is 25.9 Å². The lowest BCUT2D eigenvalue weighted by Crippen LogP contribution is -2.47. The van der Waals surface area contributed by atoms with Crippen LogP contribution in [0.15, 0.2) is 0 Å². The normalized spacial score (nSPS) is 31.2. The molecule has 0 bridgehead atoms. The lowest BCUT2D eigenvalue weighted by atomic mass is 9.70. The van der Waals surface area contributed by atoms with E-state index in [1.807, 2.05) is 0 Å². The fourth-order valence-electron chi connectivity index (χ4n) is 2.85. The molecule has 0 aromatic heterocycles. The second-order valence-corrected chi connectivity index (χ2v) is 5.07. The minimum atomic E-state index is -0.237. The summed E-state index contributed by atoms with van der Waals surface area (Å²) >= 11 is 0. The Hall–Kier alpha value is -0.120. The third kappa shape index (κ3) is 2.52. The van der Waals surface area contributed by atoms with Gasteiger partial charge >= 0.3 is 0 Å². The highest BCUT2D eigenvalue weighted by atomic mass is 16.5. The van der Waals surface area contributed by atoms with Crippen LogP contribution in [0.25, 0.3) is 0 Å². The van der Waals surface area contributed by atoms with Crippen LogP contribution in [-0.4, -0.2) is 35.1 Å². The summed E-state index contributed by atoms with van der Waals surface area (Å²) in [6.45, 7) is 0.992. The molecule has 2 rings (SSSR count). The largest absolute Gasteiger partial charge is 0.396 e. The third-order valence-corrected chi connectivity index (χ3v) is 4.00. The molecular weight excluding hydrogens is 192 g/mol. The third-order valence-electron chi connectivity index (χ3n) is 4.00. The first kappa shape index (κ1) is 11.4. The number of aliphatic hydroxyl groups excluding tert-OH is 2. The van der Waals surface area contributed by atoms with Crippen molar-refractivity contribution in [1.82, 2.24) is 0 Å². The summed E-state index contributed by atoms with van der Waals surface area (Å²) in [7, 11) is 0. The molecule has 2 atom stereocenters. The van der Waals surface area contributed by atoms with Gasteiger partial charge in [0.2, 0.25) is 0 Å². The molecule has 1 saturated carbocycles. The van der Waals surface area contributed by atoms with Crippen LogP contribution in [0.2, 0.25) is 0 Å². The summed E-state index contributed by atoms with van der Waals surface area (Å²) in [5, 5.41) is 18.7. The maximum absolute atomic E-state index is 9.99. The van der Waals surface area contributed by atoms with Crippen molar-refractivity contribution in [2.45, 2.75) is 56.7 Å². The summed E-state index contributed by atoms with van der Waals surface area (Å²) in [5.74, 6) is 0.394. The van der Waals surface area contributed by atoms with Gasteiger partial charge in [-0.25, -0.2) is 0 Å². The highest BCUT2D eigenvalue weighted by Gasteiger charge is 2.43. The van der Waals surface area contributed by atoms with Crippen molar-refractivity contribution in [2.24, 2.45) is 5.92 Å². The molecule has 15 heavy (non-hydrogen) atoms. The van der Waals surface area contributed by atoms with Crippen molar-refractivity contribution >= 4 is 0 Å². The minimum Gasteiger partial charge on any atom is -0.396 e. The van der Waals surface area contributed by atoms with Crippen molar-refractivity contribution in [1.29, 1.82) is 0 Å². The van der Waals surface area contributed by atoms with E-state index in [1.165, 1.54) is 19.3 Å². The van der Waals surface area contributed by atoms with Crippen molar-refractivity contribution in [2.75, 3.05) is 13.2 Å². The molecule has 2 N–H and O–H groups in total. The predicted octanol–water partition coefficient (Wildman–Crippen LogP) is 1.47. The molecule has 0 amide bonds. The first-order chi connectivity index (χ1) is 7.26. The molecule has 0 aromatic rings. The Labute approximate surface area is 91.4 Å². The molecule has 2 unspecified atom stereocenters. The standard InChI is InChI=1S/C12H22O3/c13-7-1-3-11(14)10-4-8-15-12(9-10)5-2-6-12/h10-11,13-14H,1-9H2. The molecule has 0 radical (unpaired) electrons. The molecule has 2 aliphatic rings. The number of hydrogen-bond donors (Lipinski definition) is 2. The van der Waals surface area contributed by atoms with Crippen LogP contribution < -0.4 is 0 Å². The second-order valence-electron chi connectivity index (χ2n) is 5.07. The van der Waals surface area contributed by atoms with Crippen molar-refractivity contribution in [3.8, 4) is 0 Å². The molecule has 88 valence electrons. The van der Waals surface area contributed by atoms with Gasteiger partial charge in [-0.2, -0.15) is 0 Å². The average molecular weight is 214 g/mol. The summed E-state index contributed by atoms with van der Waals surface area (Å²) in [4.78, 5) is 0. The van der Waals surface area contributed by atoms with Gasteiger partial charge in [0, 0.05) is 13.2 Å². The highest BCUT2D eigenvalue weighted by molar-refractivity contribution is 4.95. The van der Waals surface area contributed by atoms with Gasteiger partial charge in [-0.1, -0.05) is 0 Å². The van der Waals surface area contributed by atoms with Crippen LogP contribution in [-0.2, 0) is 4.74 Å². The zero-order chi connectivity index (χ0) is 10.7. The van der Waals surface area contributed by atoms with E-state index in [-0.39, 0.29) is 18.3 Å². The Bertz CT molecular complexity index is 201. The average Bonchev–Trinajstić information content (AvgIpc) is 2.24. The summed E-state index contributed by atoms with van der Waals surface area (Å²) in [5.41, 5.74) is 0.128. The topological polar surface area (TPSA) is 49.7 Å². The van der Waals surface area contributed by atoms with Gasteiger partial charge in [0.05, 0.1) is 11.7 Å². The molecule has 1 saturated heterocycles. The maximum Gasteiger partial charge on any atom is 0.0686 e. The van der Waals surface area contributed by atoms with Gasteiger partial charge in [0.25, 0.3) is 0 Å². The molecule has 1 heterocycles. The van der Waals surface area contributed by atoms with Crippen LogP contribution in [0, 0.1) is 5.92 Å². The van der Waals surface area contributed by atoms with Crippen LogP contribution in [0.4, 0.5) is 0 Å². The van der Waals surface area contributed by atoms with Crippen LogP contribution in [0.5, 0.6) is 0 Å². The number of aliphatic hydroxyl groups is 2. The quantitative estimate of drug-likeness (QED) is 0.745. The van der Waals surface area contributed by atoms with Crippen molar-refractivity contribution in [3.05, 3.63) is 0 Å². The SMILES string of the molecule is OCCCC(O)C1CCOC2(CCC2)C1. The second kappa shape index (κ2) is 4.81. The zero-order valence-corrected chi connectivity index (χ0v) is 9.32. The van der Waals surface area contributed by atoms with E-state index in [4.69, 9.17) is 9.84 Å².